The van der Waals surface area contributed by atoms with Gasteiger partial charge in [-0.05, 0) is 53.7 Å². The van der Waals surface area contributed by atoms with Crippen LogP contribution < -0.4 is 4.74 Å². The molecule has 9 nitrogen and oxygen atoms in total. The standard InChI is InChI=1S/C20H12Cl2N4O5S2/c1-33(29,30)20-25-26-16(23)14(17(27)24-19(26)32-20)8-10-2-5-12(6-3-10)31-18(28)13-7-4-11(21)9-15(13)22/h2-9,23H,1H3/b14-8+,23-16?. The number of amides is 1. The molecule has 13 heteroatoms. The number of esters is 1. The molecule has 0 saturated heterocycles. The van der Waals surface area contributed by atoms with Gasteiger partial charge in [0, 0.05) is 11.3 Å². The summed E-state index contributed by atoms with van der Waals surface area (Å²) < 4.78 is 28.5. The van der Waals surface area contributed by atoms with E-state index in [4.69, 9.17) is 33.3 Å². The van der Waals surface area contributed by atoms with Gasteiger partial charge in [0.15, 0.2) is 5.84 Å². The highest BCUT2D eigenvalue weighted by Gasteiger charge is 2.38. The Hall–Kier alpha value is -2.99. The highest BCUT2D eigenvalue weighted by Crippen LogP contribution is 2.30. The van der Waals surface area contributed by atoms with Gasteiger partial charge in [-0.25, -0.2) is 13.2 Å². The molecule has 0 atom stereocenters. The zero-order valence-corrected chi connectivity index (χ0v) is 19.7. The Bertz CT molecular complexity index is 1420. The lowest BCUT2D eigenvalue weighted by Crippen LogP contribution is -2.35. The Balaban J connectivity index is 1.53. The van der Waals surface area contributed by atoms with Crippen LogP contribution in [0.5, 0.6) is 5.75 Å². The summed E-state index contributed by atoms with van der Waals surface area (Å²) in [6.07, 6.45) is 2.39. The zero-order chi connectivity index (χ0) is 23.9. The summed E-state index contributed by atoms with van der Waals surface area (Å²) in [7, 11) is -3.61. The summed E-state index contributed by atoms with van der Waals surface area (Å²) in [6.45, 7) is 0. The molecule has 0 radical (unpaired) electrons. The topological polar surface area (TPSA) is 129 Å². The average Bonchev–Trinajstić information content (AvgIpc) is 3.17. The molecule has 0 aromatic heterocycles. The van der Waals surface area contributed by atoms with Crippen molar-refractivity contribution in [1.29, 1.82) is 5.41 Å². The summed E-state index contributed by atoms with van der Waals surface area (Å²) in [5.74, 6) is -1.43. The fraction of sp³-hybridized carbons (Fsp3) is 0.0500. The summed E-state index contributed by atoms with van der Waals surface area (Å²) in [4.78, 5) is 28.6. The number of nitrogens with one attached hydrogen (secondary N) is 1. The smallest absolute Gasteiger partial charge is 0.345 e. The minimum absolute atomic E-state index is 0.00527. The summed E-state index contributed by atoms with van der Waals surface area (Å²) in [6, 6.07) is 10.6. The fourth-order valence-corrected chi connectivity index (χ4v) is 4.91. The number of hydrogen-bond acceptors (Lipinski definition) is 8. The number of sulfone groups is 1. The predicted molar refractivity (Wildman–Crippen MR) is 128 cm³/mol. The quantitative estimate of drug-likeness (QED) is 0.368. The molecule has 1 N–H and O–H groups in total. The molecule has 0 fully saturated rings. The molecule has 4 rings (SSSR count). The van der Waals surface area contributed by atoms with Crippen LogP contribution in [0.15, 0.2) is 58.1 Å². The predicted octanol–water partition coefficient (Wildman–Crippen LogP) is 3.83. The summed E-state index contributed by atoms with van der Waals surface area (Å²) in [5, 5.41) is 13.7. The van der Waals surface area contributed by atoms with Gasteiger partial charge in [0.2, 0.25) is 19.4 Å². The molecule has 0 bridgehead atoms. The van der Waals surface area contributed by atoms with Crippen LogP contribution in [0.3, 0.4) is 0 Å². The van der Waals surface area contributed by atoms with Gasteiger partial charge in [-0.1, -0.05) is 35.3 Å². The molecule has 2 aliphatic heterocycles. The lowest BCUT2D eigenvalue weighted by Gasteiger charge is -2.20. The molecule has 2 heterocycles. The Morgan fingerprint density at radius 1 is 1.18 bits per heavy atom. The Morgan fingerprint density at radius 2 is 1.88 bits per heavy atom. The fourth-order valence-electron chi connectivity index (χ4n) is 2.74. The second kappa shape index (κ2) is 8.75. The molecule has 168 valence electrons. The molecule has 2 aromatic rings. The van der Waals surface area contributed by atoms with Gasteiger partial charge in [0.1, 0.15) is 5.75 Å². The van der Waals surface area contributed by atoms with Crippen LogP contribution in [-0.4, -0.2) is 46.9 Å². The molecule has 0 aliphatic carbocycles. The van der Waals surface area contributed by atoms with Gasteiger partial charge in [-0.2, -0.15) is 10.0 Å². The van der Waals surface area contributed by atoms with Crippen molar-refractivity contribution in [2.24, 2.45) is 10.1 Å². The minimum Gasteiger partial charge on any atom is -0.423 e. The first-order valence-corrected chi connectivity index (χ1v) is 12.5. The minimum atomic E-state index is -3.61. The maximum Gasteiger partial charge on any atom is 0.345 e. The molecule has 0 unspecified atom stereocenters. The number of thioether (sulfide) groups is 1. The van der Waals surface area contributed by atoms with Crippen LogP contribution in [0.25, 0.3) is 6.08 Å². The van der Waals surface area contributed by atoms with E-state index in [9.17, 15) is 18.0 Å². The number of hydrazone groups is 1. The Morgan fingerprint density at radius 3 is 2.52 bits per heavy atom. The van der Waals surface area contributed by atoms with Crippen molar-refractivity contribution in [3.05, 3.63) is 69.2 Å². The van der Waals surface area contributed by atoms with Crippen molar-refractivity contribution in [1.82, 2.24) is 5.01 Å². The third-order valence-electron chi connectivity index (χ3n) is 4.31. The second-order valence-corrected chi connectivity index (χ2v) is 10.7. The van der Waals surface area contributed by atoms with Crippen LogP contribution in [0.4, 0.5) is 0 Å². The van der Waals surface area contributed by atoms with Crippen LogP contribution in [0.1, 0.15) is 15.9 Å². The third-order valence-corrected chi connectivity index (χ3v) is 7.43. The van der Waals surface area contributed by atoms with Gasteiger partial charge >= 0.3 is 5.97 Å². The van der Waals surface area contributed by atoms with E-state index in [1.165, 1.54) is 36.4 Å². The molecule has 2 aromatic carbocycles. The Labute approximate surface area is 202 Å². The first kappa shape index (κ1) is 23.2. The van der Waals surface area contributed by atoms with Crippen molar-refractivity contribution >= 4 is 78.1 Å². The maximum absolute atomic E-state index is 12.4. The van der Waals surface area contributed by atoms with E-state index >= 15 is 0 Å². The first-order valence-electron chi connectivity index (χ1n) is 9.00. The number of benzene rings is 2. The summed E-state index contributed by atoms with van der Waals surface area (Å²) >= 11 is 12.6. The molecular weight excluding hydrogens is 511 g/mol. The van der Waals surface area contributed by atoms with E-state index in [2.05, 4.69) is 10.1 Å². The monoisotopic (exact) mass is 522 g/mol. The largest absolute Gasteiger partial charge is 0.423 e. The number of hydrogen-bond donors (Lipinski definition) is 1. The zero-order valence-electron chi connectivity index (χ0n) is 16.6. The van der Waals surface area contributed by atoms with E-state index in [1.54, 1.807) is 12.1 Å². The van der Waals surface area contributed by atoms with Crippen LogP contribution in [0, 0.1) is 5.41 Å². The first-order chi connectivity index (χ1) is 15.5. The number of carbonyl (C=O) groups is 2. The average molecular weight is 523 g/mol. The molecule has 33 heavy (non-hydrogen) atoms. The number of halogens is 2. The van der Waals surface area contributed by atoms with Gasteiger partial charge in [0.25, 0.3) is 5.91 Å². The lowest BCUT2D eigenvalue weighted by molar-refractivity contribution is -0.114. The third kappa shape index (κ3) is 4.86. The van der Waals surface area contributed by atoms with Crippen molar-refractivity contribution < 1.29 is 22.7 Å². The highest BCUT2D eigenvalue weighted by atomic mass is 35.5. The van der Waals surface area contributed by atoms with Gasteiger partial charge in [0.05, 0.1) is 16.2 Å². The van der Waals surface area contributed by atoms with Crippen LogP contribution in [-0.2, 0) is 14.6 Å². The van der Waals surface area contributed by atoms with Crippen molar-refractivity contribution in [2.75, 3.05) is 6.26 Å². The van der Waals surface area contributed by atoms with Crippen molar-refractivity contribution in [2.45, 2.75) is 0 Å². The van der Waals surface area contributed by atoms with Crippen molar-refractivity contribution in [3.63, 3.8) is 0 Å². The van der Waals surface area contributed by atoms with E-state index in [1.807, 2.05) is 0 Å². The number of amidine groups is 2. The highest BCUT2D eigenvalue weighted by molar-refractivity contribution is 8.42. The second-order valence-electron chi connectivity index (χ2n) is 6.74. The molecule has 2 aliphatic rings. The molecule has 0 saturated carbocycles. The number of rotatable bonds is 3. The van der Waals surface area contributed by atoms with Gasteiger partial charge in [-0.3, -0.25) is 10.2 Å². The number of carbonyl (C=O) groups excluding carboxylic acids is 2. The van der Waals surface area contributed by atoms with E-state index < -0.39 is 21.7 Å². The number of ether oxygens (including phenoxy) is 1. The maximum atomic E-state index is 12.4. The SMILES string of the molecule is CS(=O)(=O)C1=NN2C(=N)/C(=C\c3ccc(OC(=O)c4ccc(Cl)cc4Cl)cc3)C(=O)N=C2S1. The summed E-state index contributed by atoms with van der Waals surface area (Å²) in [5.41, 5.74) is 0.598. The van der Waals surface area contributed by atoms with E-state index in [-0.39, 0.29) is 37.3 Å². The van der Waals surface area contributed by atoms with Crippen LogP contribution >= 0.6 is 35.0 Å². The number of aliphatic imine (C=N–C) groups is 1. The van der Waals surface area contributed by atoms with E-state index in [0.717, 1.165) is 11.3 Å². The van der Waals surface area contributed by atoms with Gasteiger partial charge < -0.3 is 4.74 Å². The van der Waals surface area contributed by atoms with Crippen LogP contribution in [0.2, 0.25) is 10.0 Å². The normalized spacial score (nSPS) is 17.1. The lowest BCUT2D eigenvalue weighted by atomic mass is 10.1. The van der Waals surface area contributed by atoms with E-state index in [0.29, 0.717) is 22.3 Å². The number of nitrogens with zero attached hydrogens (tertiary/aromatic N) is 3. The molecular formula is C20H12Cl2N4O5S2. The van der Waals surface area contributed by atoms with Crippen molar-refractivity contribution in [3.8, 4) is 5.75 Å². The molecule has 0 spiro atoms. The number of fused-ring (bicyclic) bond motifs is 1. The Kier molecular flexibility index (Phi) is 6.14. The van der Waals surface area contributed by atoms with Gasteiger partial charge in [-0.15, -0.1) is 5.10 Å². The molecule has 1 amide bonds.